The van der Waals surface area contributed by atoms with Crippen LogP contribution in [0, 0.1) is 5.82 Å². The molecule has 2 atom stereocenters. The van der Waals surface area contributed by atoms with Crippen molar-refractivity contribution in [2.75, 3.05) is 12.3 Å². The van der Waals surface area contributed by atoms with E-state index in [4.69, 9.17) is 5.73 Å². The number of carbonyl (C=O) groups excluding carboxylic acids is 1. The topological polar surface area (TPSA) is 72.2 Å². The number of nitrogens with one attached hydrogen (secondary N) is 1. The molecule has 4 nitrogen and oxygen atoms in total. The molecule has 1 amide bonds. The number of carbonyl (C=O) groups is 1. The lowest BCUT2D eigenvalue weighted by molar-refractivity contribution is -0.120. The van der Waals surface area contributed by atoms with Crippen molar-refractivity contribution in [3.05, 3.63) is 24.0 Å². The molecular weight excluding hydrogens is 255 g/mol. The molecule has 0 radical (unpaired) electrons. The van der Waals surface area contributed by atoms with E-state index in [1.807, 2.05) is 6.92 Å². The van der Waals surface area contributed by atoms with Crippen molar-refractivity contribution in [2.45, 2.75) is 30.4 Å². The Kier molecular flexibility index (Phi) is 5.27. The molecule has 1 aromatic carbocycles. The summed E-state index contributed by atoms with van der Waals surface area (Å²) in [4.78, 5) is 11.6. The predicted molar refractivity (Wildman–Crippen MR) is 70.0 cm³/mol. The lowest BCUT2D eigenvalue weighted by Crippen LogP contribution is -2.36. The third-order valence-electron chi connectivity index (χ3n) is 2.41. The summed E-state index contributed by atoms with van der Waals surface area (Å²) in [6.45, 7) is 3.95. The van der Waals surface area contributed by atoms with Crippen LogP contribution in [0.25, 0.3) is 0 Å². The first-order chi connectivity index (χ1) is 8.47. The number of halogens is 1. The second kappa shape index (κ2) is 6.49. The van der Waals surface area contributed by atoms with Crippen LogP contribution in [-0.2, 0) is 15.6 Å². The van der Waals surface area contributed by atoms with Gasteiger partial charge in [-0.1, -0.05) is 6.92 Å². The minimum absolute atomic E-state index is 0.00310. The maximum Gasteiger partial charge on any atom is 0.235 e. The Labute approximate surface area is 108 Å². The normalized spacial score (nSPS) is 13.9. The van der Waals surface area contributed by atoms with Gasteiger partial charge >= 0.3 is 0 Å². The molecule has 3 N–H and O–H groups in total. The van der Waals surface area contributed by atoms with E-state index in [0.717, 1.165) is 12.5 Å². The van der Waals surface area contributed by atoms with Gasteiger partial charge in [-0.2, -0.15) is 0 Å². The van der Waals surface area contributed by atoms with E-state index in [0.29, 0.717) is 6.54 Å². The summed E-state index contributed by atoms with van der Waals surface area (Å²) in [5.41, 5.74) is 5.67. The van der Waals surface area contributed by atoms with Crippen molar-refractivity contribution >= 4 is 22.4 Å². The molecule has 0 heterocycles. The first kappa shape index (κ1) is 14.6. The highest BCUT2D eigenvalue weighted by molar-refractivity contribution is 7.86. The van der Waals surface area contributed by atoms with Crippen LogP contribution >= 0.6 is 0 Å². The second-order valence-electron chi connectivity index (χ2n) is 3.92. The van der Waals surface area contributed by atoms with Crippen molar-refractivity contribution in [3.63, 3.8) is 0 Å². The summed E-state index contributed by atoms with van der Waals surface area (Å²) in [6.07, 6.45) is 0.793. The number of nitrogens with two attached hydrogens (primary N) is 1. The van der Waals surface area contributed by atoms with Crippen LogP contribution in [0.15, 0.2) is 23.1 Å². The van der Waals surface area contributed by atoms with E-state index in [-0.39, 0.29) is 16.5 Å². The Morgan fingerprint density at radius 3 is 2.78 bits per heavy atom. The Hall–Kier alpha value is -1.43. The molecule has 0 saturated carbocycles. The van der Waals surface area contributed by atoms with E-state index in [1.165, 1.54) is 19.1 Å². The zero-order chi connectivity index (χ0) is 13.7. The highest BCUT2D eigenvalue weighted by atomic mass is 32.2. The van der Waals surface area contributed by atoms with E-state index in [2.05, 4.69) is 5.32 Å². The number of nitrogen functional groups attached to an aromatic ring is 1. The maximum atomic E-state index is 13.6. The fourth-order valence-electron chi connectivity index (χ4n) is 1.36. The molecule has 0 aliphatic heterocycles. The molecule has 18 heavy (non-hydrogen) atoms. The van der Waals surface area contributed by atoms with E-state index < -0.39 is 21.9 Å². The minimum atomic E-state index is -1.72. The average molecular weight is 272 g/mol. The van der Waals surface area contributed by atoms with Gasteiger partial charge in [0.05, 0.1) is 15.7 Å². The lowest BCUT2D eigenvalue weighted by Gasteiger charge is -2.12. The number of hydrogen-bond acceptors (Lipinski definition) is 3. The van der Waals surface area contributed by atoms with Gasteiger partial charge in [0.15, 0.2) is 0 Å². The predicted octanol–water partition coefficient (Wildman–Crippen LogP) is 1.43. The summed E-state index contributed by atoms with van der Waals surface area (Å²) in [5.74, 6) is -0.991. The van der Waals surface area contributed by atoms with Gasteiger partial charge < -0.3 is 11.1 Å². The fraction of sp³-hybridized carbons (Fsp3) is 0.417. The van der Waals surface area contributed by atoms with Crippen molar-refractivity contribution in [1.82, 2.24) is 5.32 Å². The van der Waals surface area contributed by atoms with Crippen LogP contribution in [-0.4, -0.2) is 21.9 Å². The SMILES string of the molecule is CCCNC(=O)C(C)S(=O)c1ccc(N)cc1F. The Balaban J connectivity index is 2.83. The highest BCUT2D eigenvalue weighted by Gasteiger charge is 2.23. The molecule has 0 aromatic heterocycles. The molecule has 0 aliphatic rings. The zero-order valence-electron chi connectivity index (χ0n) is 10.4. The largest absolute Gasteiger partial charge is 0.399 e. The van der Waals surface area contributed by atoms with E-state index in [9.17, 15) is 13.4 Å². The quantitative estimate of drug-likeness (QED) is 0.796. The highest BCUT2D eigenvalue weighted by Crippen LogP contribution is 2.18. The second-order valence-corrected chi connectivity index (χ2v) is 5.66. The lowest BCUT2D eigenvalue weighted by atomic mass is 10.3. The van der Waals surface area contributed by atoms with Gasteiger partial charge in [0.2, 0.25) is 5.91 Å². The van der Waals surface area contributed by atoms with Gasteiger partial charge in [0.25, 0.3) is 0 Å². The van der Waals surface area contributed by atoms with Gasteiger partial charge in [-0.3, -0.25) is 9.00 Å². The van der Waals surface area contributed by atoms with Crippen LogP contribution in [0.5, 0.6) is 0 Å². The molecule has 0 saturated heterocycles. The number of anilines is 1. The molecule has 100 valence electrons. The number of benzene rings is 1. The Bertz CT molecular complexity index is 465. The van der Waals surface area contributed by atoms with Crippen molar-refractivity contribution in [2.24, 2.45) is 0 Å². The molecule has 6 heteroatoms. The monoisotopic (exact) mass is 272 g/mol. The minimum Gasteiger partial charge on any atom is -0.399 e. The zero-order valence-corrected chi connectivity index (χ0v) is 11.2. The number of rotatable bonds is 5. The molecule has 0 bridgehead atoms. The summed E-state index contributed by atoms with van der Waals surface area (Å²) >= 11 is 0. The summed E-state index contributed by atoms with van der Waals surface area (Å²) in [6, 6.07) is 3.92. The van der Waals surface area contributed by atoms with Gasteiger partial charge in [0, 0.05) is 12.2 Å². The van der Waals surface area contributed by atoms with Gasteiger partial charge in [0.1, 0.15) is 11.1 Å². The summed E-state index contributed by atoms with van der Waals surface area (Å²) < 4.78 is 25.6. The number of hydrogen-bond donors (Lipinski definition) is 2. The Morgan fingerprint density at radius 2 is 2.22 bits per heavy atom. The maximum absolute atomic E-state index is 13.6. The van der Waals surface area contributed by atoms with Crippen molar-refractivity contribution in [1.29, 1.82) is 0 Å². The van der Waals surface area contributed by atoms with Crippen LogP contribution in [0.2, 0.25) is 0 Å². The molecule has 2 unspecified atom stereocenters. The van der Waals surface area contributed by atoms with Gasteiger partial charge in [-0.15, -0.1) is 0 Å². The third kappa shape index (κ3) is 3.53. The molecule has 0 spiro atoms. The molecule has 0 fully saturated rings. The molecular formula is C12H17FN2O2S. The van der Waals surface area contributed by atoms with Crippen LogP contribution in [0.4, 0.5) is 10.1 Å². The Morgan fingerprint density at radius 1 is 1.56 bits per heavy atom. The molecule has 0 aliphatic carbocycles. The standard InChI is InChI=1S/C12H17FN2O2S/c1-3-6-15-12(16)8(2)18(17)11-5-4-9(14)7-10(11)13/h4-5,7-8H,3,6,14H2,1-2H3,(H,15,16). The molecule has 1 aromatic rings. The van der Waals surface area contributed by atoms with E-state index >= 15 is 0 Å². The van der Waals surface area contributed by atoms with Gasteiger partial charge in [-0.05, 0) is 31.5 Å². The first-order valence-corrected chi connectivity index (χ1v) is 6.92. The fourth-order valence-corrected chi connectivity index (χ4v) is 2.47. The summed E-state index contributed by atoms with van der Waals surface area (Å²) in [5, 5.41) is 1.84. The molecule has 1 rings (SSSR count). The van der Waals surface area contributed by atoms with Crippen molar-refractivity contribution in [3.8, 4) is 0 Å². The van der Waals surface area contributed by atoms with Crippen LogP contribution < -0.4 is 11.1 Å². The average Bonchev–Trinajstić information content (AvgIpc) is 2.34. The van der Waals surface area contributed by atoms with Crippen LogP contribution in [0.1, 0.15) is 20.3 Å². The van der Waals surface area contributed by atoms with Gasteiger partial charge in [-0.25, -0.2) is 4.39 Å². The van der Waals surface area contributed by atoms with Crippen molar-refractivity contribution < 1.29 is 13.4 Å². The number of amides is 1. The van der Waals surface area contributed by atoms with Crippen LogP contribution in [0.3, 0.4) is 0 Å². The third-order valence-corrected chi connectivity index (χ3v) is 4.03. The smallest absolute Gasteiger partial charge is 0.235 e. The summed E-state index contributed by atoms with van der Waals surface area (Å²) in [7, 11) is -1.72. The van der Waals surface area contributed by atoms with E-state index in [1.54, 1.807) is 0 Å². The first-order valence-electron chi connectivity index (χ1n) is 5.70.